The monoisotopic (exact) mass is 352 g/mol. The number of hydrogen-bond acceptors (Lipinski definition) is 5. The number of methoxy groups -OCH3 is 2. The van der Waals surface area contributed by atoms with Crippen molar-refractivity contribution < 1.29 is 14.2 Å². The van der Waals surface area contributed by atoms with E-state index in [2.05, 4.69) is 20.9 Å². The van der Waals surface area contributed by atoms with E-state index in [4.69, 9.17) is 19.9 Å². The van der Waals surface area contributed by atoms with Gasteiger partial charge in [0.05, 0.1) is 24.4 Å². The molecule has 0 saturated heterocycles. The lowest BCUT2D eigenvalue weighted by atomic mass is 10.2. The zero-order chi connectivity index (χ0) is 15.2. The molecule has 0 radical (unpaired) electrons. The van der Waals surface area contributed by atoms with E-state index < -0.39 is 0 Å². The van der Waals surface area contributed by atoms with Crippen molar-refractivity contribution in [2.75, 3.05) is 14.2 Å². The molecule has 112 valence electrons. The van der Waals surface area contributed by atoms with Crippen LogP contribution in [-0.4, -0.2) is 19.2 Å². The van der Waals surface area contributed by atoms with Gasteiger partial charge in [-0.2, -0.15) is 0 Å². The summed E-state index contributed by atoms with van der Waals surface area (Å²) in [5.41, 5.74) is 7.38. The van der Waals surface area contributed by atoms with Crippen LogP contribution in [0.5, 0.6) is 17.4 Å². The van der Waals surface area contributed by atoms with E-state index in [1.165, 1.54) is 0 Å². The van der Waals surface area contributed by atoms with Crippen molar-refractivity contribution >= 4 is 15.9 Å². The van der Waals surface area contributed by atoms with Crippen molar-refractivity contribution in [1.29, 1.82) is 0 Å². The molecule has 0 aliphatic carbocycles. The van der Waals surface area contributed by atoms with E-state index in [9.17, 15) is 0 Å². The van der Waals surface area contributed by atoms with Crippen LogP contribution in [0.3, 0.4) is 0 Å². The highest BCUT2D eigenvalue weighted by molar-refractivity contribution is 9.10. The Balaban J connectivity index is 2.19. The van der Waals surface area contributed by atoms with Crippen LogP contribution in [0.4, 0.5) is 0 Å². The molecule has 2 rings (SSSR count). The van der Waals surface area contributed by atoms with Gasteiger partial charge in [-0.25, -0.2) is 4.98 Å². The summed E-state index contributed by atoms with van der Waals surface area (Å²) in [5.74, 6) is 1.81. The van der Waals surface area contributed by atoms with Crippen molar-refractivity contribution in [3.05, 3.63) is 46.1 Å². The lowest BCUT2D eigenvalue weighted by Gasteiger charge is -2.14. The van der Waals surface area contributed by atoms with Gasteiger partial charge >= 0.3 is 0 Å². The Labute approximate surface area is 132 Å². The first-order valence-electron chi connectivity index (χ1n) is 6.37. The zero-order valence-corrected chi connectivity index (χ0v) is 13.5. The maximum Gasteiger partial charge on any atom is 0.213 e. The second kappa shape index (κ2) is 7.28. The van der Waals surface area contributed by atoms with Crippen molar-refractivity contribution in [2.45, 2.75) is 13.2 Å². The summed E-state index contributed by atoms with van der Waals surface area (Å²) in [4.78, 5) is 4.30. The molecule has 21 heavy (non-hydrogen) atoms. The number of nitrogens with two attached hydrogens (primary N) is 1. The van der Waals surface area contributed by atoms with Crippen LogP contribution in [-0.2, 0) is 13.2 Å². The topological polar surface area (TPSA) is 66.6 Å². The smallest absolute Gasteiger partial charge is 0.213 e. The Hall–Kier alpha value is -1.79. The molecule has 5 nitrogen and oxygen atoms in total. The molecule has 0 aliphatic rings. The van der Waals surface area contributed by atoms with Gasteiger partial charge in [-0.1, -0.05) is 6.07 Å². The molecule has 0 saturated carbocycles. The van der Waals surface area contributed by atoms with Gasteiger partial charge in [0, 0.05) is 12.6 Å². The Morgan fingerprint density at radius 1 is 1.19 bits per heavy atom. The van der Waals surface area contributed by atoms with Crippen molar-refractivity contribution in [3.63, 3.8) is 0 Å². The summed E-state index contributed by atoms with van der Waals surface area (Å²) in [6, 6.07) is 9.30. The van der Waals surface area contributed by atoms with E-state index in [0.29, 0.717) is 30.5 Å². The van der Waals surface area contributed by atoms with Crippen molar-refractivity contribution in [2.24, 2.45) is 5.73 Å². The fraction of sp³-hybridized carbons (Fsp3) is 0.267. The van der Waals surface area contributed by atoms with E-state index >= 15 is 0 Å². The molecule has 0 unspecified atom stereocenters. The fourth-order valence-corrected chi connectivity index (χ4v) is 2.43. The van der Waals surface area contributed by atoms with Crippen LogP contribution in [0.15, 0.2) is 34.8 Å². The molecule has 2 aromatic rings. The summed E-state index contributed by atoms with van der Waals surface area (Å²) in [5, 5.41) is 0. The average Bonchev–Trinajstić information content (AvgIpc) is 2.53. The normalized spacial score (nSPS) is 10.3. The Bertz CT molecular complexity index is 620. The Kier molecular flexibility index (Phi) is 5.41. The second-order valence-electron chi connectivity index (χ2n) is 4.27. The Morgan fingerprint density at radius 2 is 2.00 bits per heavy atom. The number of rotatable bonds is 6. The molecular formula is C15H17BrN2O3. The van der Waals surface area contributed by atoms with Gasteiger partial charge in [0.15, 0.2) is 11.5 Å². The quantitative estimate of drug-likeness (QED) is 0.865. The molecule has 0 spiro atoms. The zero-order valence-electron chi connectivity index (χ0n) is 11.9. The van der Waals surface area contributed by atoms with Crippen LogP contribution >= 0.6 is 15.9 Å². The van der Waals surface area contributed by atoms with E-state index in [-0.39, 0.29) is 0 Å². The third-order valence-electron chi connectivity index (χ3n) is 2.88. The van der Waals surface area contributed by atoms with E-state index in [1.807, 2.05) is 24.3 Å². The third kappa shape index (κ3) is 3.86. The minimum Gasteiger partial charge on any atom is -0.493 e. The third-order valence-corrected chi connectivity index (χ3v) is 3.47. The molecule has 1 aromatic heterocycles. The number of aromatic nitrogens is 1. The minimum atomic E-state index is 0.314. The fourth-order valence-electron chi connectivity index (χ4n) is 1.83. The molecule has 2 N–H and O–H groups in total. The predicted molar refractivity (Wildman–Crippen MR) is 83.7 cm³/mol. The average molecular weight is 353 g/mol. The highest BCUT2D eigenvalue weighted by Crippen LogP contribution is 2.37. The van der Waals surface area contributed by atoms with E-state index in [1.54, 1.807) is 20.3 Å². The van der Waals surface area contributed by atoms with Gasteiger partial charge < -0.3 is 19.9 Å². The molecule has 0 aliphatic heterocycles. The molecular weight excluding hydrogens is 336 g/mol. The molecule has 0 fully saturated rings. The molecule has 0 atom stereocenters. The summed E-state index contributed by atoms with van der Waals surface area (Å²) in [6.45, 7) is 0.751. The standard InChI is InChI=1S/C15H17BrN2O3/c1-19-13-7-10(8-17)6-12(16)15(13)21-9-11-4-3-5-14(18-11)20-2/h3-7H,8-9,17H2,1-2H3. The molecule has 1 aromatic carbocycles. The van der Waals surface area contributed by atoms with Gasteiger partial charge in [0.1, 0.15) is 6.61 Å². The summed E-state index contributed by atoms with van der Waals surface area (Å²) in [6.07, 6.45) is 0. The maximum atomic E-state index is 5.81. The van der Waals surface area contributed by atoms with E-state index in [0.717, 1.165) is 15.7 Å². The summed E-state index contributed by atoms with van der Waals surface area (Å²) < 4.78 is 17.0. The summed E-state index contributed by atoms with van der Waals surface area (Å²) >= 11 is 3.48. The predicted octanol–water partition coefficient (Wildman–Crippen LogP) is 2.90. The summed E-state index contributed by atoms with van der Waals surface area (Å²) in [7, 11) is 3.18. The number of hydrogen-bond donors (Lipinski definition) is 1. The maximum absolute atomic E-state index is 5.81. The van der Waals surface area contributed by atoms with Gasteiger partial charge in [0.2, 0.25) is 5.88 Å². The van der Waals surface area contributed by atoms with Gasteiger partial charge in [-0.3, -0.25) is 0 Å². The highest BCUT2D eigenvalue weighted by atomic mass is 79.9. The minimum absolute atomic E-state index is 0.314. The molecule has 1 heterocycles. The number of benzene rings is 1. The Morgan fingerprint density at radius 3 is 2.67 bits per heavy atom. The second-order valence-corrected chi connectivity index (χ2v) is 5.13. The largest absolute Gasteiger partial charge is 0.493 e. The van der Waals surface area contributed by atoms with Gasteiger partial charge in [0.25, 0.3) is 0 Å². The first-order valence-corrected chi connectivity index (χ1v) is 7.16. The van der Waals surface area contributed by atoms with Gasteiger partial charge in [-0.15, -0.1) is 0 Å². The first kappa shape index (κ1) is 15.6. The number of pyridine rings is 1. The molecule has 0 amide bonds. The highest BCUT2D eigenvalue weighted by Gasteiger charge is 2.12. The first-order chi connectivity index (χ1) is 10.2. The van der Waals surface area contributed by atoms with Crippen LogP contribution in [0.1, 0.15) is 11.3 Å². The number of ether oxygens (including phenoxy) is 3. The van der Waals surface area contributed by atoms with Crippen LogP contribution < -0.4 is 19.9 Å². The number of nitrogens with zero attached hydrogens (tertiary/aromatic N) is 1. The molecule has 6 heteroatoms. The lowest BCUT2D eigenvalue weighted by Crippen LogP contribution is -2.03. The molecule has 0 bridgehead atoms. The van der Waals surface area contributed by atoms with Crippen LogP contribution in [0.25, 0.3) is 0 Å². The van der Waals surface area contributed by atoms with Crippen molar-refractivity contribution in [3.8, 4) is 17.4 Å². The number of halogens is 1. The lowest BCUT2D eigenvalue weighted by molar-refractivity contribution is 0.276. The van der Waals surface area contributed by atoms with Gasteiger partial charge in [-0.05, 0) is 39.7 Å². The SMILES string of the molecule is COc1cccc(COc2c(Br)cc(CN)cc2OC)n1. The van der Waals surface area contributed by atoms with Crippen LogP contribution in [0.2, 0.25) is 0 Å². The van der Waals surface area contributed by atoms with Crippen LogP contribution in [0, 0.1) is 0 Å². The van der Waals surface area contributed by atoms with Crippen molar-refractivity contribution in [1.82, 2.24) is 4.98 Å².